The molecule has 0 bridgehead atoms. The van der Waals surface area contributed by atoms with Gasteiger partial charge in [-0.2, -0.15) is 0 Å². The van der Waals surface area contributed by atoms with Crippen molar-refractivity contribution < 1.29 is 18.0 Å². The smallest absolute Gasteiger partial charge is 0.226 e. The molecule has 0 spiro atoms. The van der Waals surface area contributed by atoms with Gasteiger partial charge in [-0.3, -0.25) is 4.79 Å². The Hall–Kier alpha value is -1.56. The lowest BCUT2D eigenvalue weighted by molar-refractivity contribution is -0.116. The molecular weight excluding hydrogens is 245 g/mol. The van der Waals surface area contributed by atoms with E-state index < -0.39 is 29.0 Å². The number of hydrogen-bond acceptors (Lipinski definition) is 2. The van der Waals surface area contributed by atoms with Crippen molar-refractivity contribution in [2.24, 2.45) is 5.73 Å². The van der Waals surface area contributed by atoms with Crippen molar-refractivity contribution in [1.82, 2.24) is 0 Å². The summed E-state index contributed by atoms with van der Waals surface area (Å²) in [5.41, 5.74) is 4.98. The van der Waals surface area contributed by atoms with Gasteiger partial charge in [0.25, 0.3) is 0 Å². The second-order valence-electron chi connectivity index (χ2n) is 4.05. The summed E-state index contributed by atoms with van der Waals surface area (Å²) < 4.78 is 39.1. The summed E-state index contributed by atoms with van der Waals surface area (Å²) in [7, 11) is 0. The topological polar surface area (TPSA) is 55.1 Å². The fraction of sp³-hybridized carbons (Fsp3) is 0.417. The van der Waals surface area contributed by atoms with Crippen LogP contribution in [0.15, 0.2) is 12.1 Å². The number of carbonyl (C=O) groups is 1. The molecule has 1 atom stereocenters. The van der Waals surface area contributed by atoms with E-state index >= 15 is 0 Å². The van der Waals surface area contributed by atoms with Crippen molar-refractivity contribution >= 4 is 11.6 Å². The summed E-state index contributed by atoms with van der Waals surface area (Å²) in [5, 5.41) is 2.06. The van der Waals surface area contributed by atoms with E-state index in [1.54, 1.807) is 0 Å². The molecule has 6 heteroatoms. The molecule has 0 aliphatic carbocycles. The fourth-order valence-electron chi connectivity index (χ4n) is 1.56. The maximum Gasteiger partial charge on any atom is 0.226 e. The van der Waals surface area contributed by atoms with Gasteiger partial charge in [0.05, 0.1) is 0 Å². The van der Waals surface area contributed by atoms with Crippen LogP contribution in [0, 0.1) is 17.5 Å². The lowest BCUT2D eigenvalue weighted by atomic mass is 10.1. The van der Waals surface area contributed by atoms with Gasteiger partial charge in [-0.15, -0.1) is 0 Å². The number of nitrogens with one attached hydrogen (secondary N) is 1. The van der Waals surface area contributed by atoms with Gasteiger partial charge in [-0.1, -0.05) is 13.3 Å². The van der Waals surface area contributed by atoms with Gasteiger partial charge in [0, 0.05) is 24.6 Å². The van der Waals surface area contributed by atoms with Crippen molar-refractivity contribution in [1.29, 1.82) is 0 Å². The van der Waals surface area contributed by atoms with Crippen LogP contribution in [0.3, 0.4) is 0 Å². The molecule has 1 aromatic rings. The summed E-state index contributed by atoms with van der Waals surface area (Å²) in [6, 6.07) is 0.650. The predicted molar refractivity (Wildman–Crippen MR) is 62.4 cm³/mol. The van der Waals surface area contributed by atoms with Crippen molar-refractivity contribution in [3.63, 3.8) is 0 Å². The molecule has 3 nitrogen and oxygen atoms in total. The average molecular weight is 260 g/mol. The monoisotopic (exact) mass is 260 g/mol. The average Bonchev–Trinajstić information content (AvgIpc) is 2.23. The summed E-state index contributed by atoms with van der Waals surface area (Å²) in [6.07, 6.45) is 1.42. The zero-order valence-electron chi connectivity index (χ0n) is 9.97. The van der Waals surface area contributed by atoms with Gasteiger partial charge in [0.2, 0.25) is 5.91 Å². The number of carbonyl (C=O) groups excluding carboxylic acids is 1. The molecule has 1 rings (SSSR count). The Bertz CT molecular complexity index is 414. The van der Waals surface area contributed by atoms with E-state index in [1.165, 1.54) is 0 Å². The Morgan fingerprint density at radius 2 is 1.89 bits per heavy atom. The minimum atomic E-state index is -1.15. The summed E-state index contributed by atoms with van der Waals surface area (Å²) >= 11 is 0. The number of hydrogen-bond donors (Lipinski definition) is 2. The van der Waals surface area contributed by atoms with E-state index in [0.29, 0.717) is 18.6 Å². The maximum atomic E-state index is 13.2. The third-order valence-corrected chi connectivity index (χ3v) is 2.38. The van der Waals surface area contributed by atoms with Gasteiger partial charge in [-0.25, -0.2) is 13.2 Å². The van der Waals surface area contributed by atoms with E-state index in [4.69, 9.17) is 5.73 Å². The normalized spacial score (nSPS) is 12.3. The molecule has 0 aliphatic heterocycles. The first-order valence-corrected chi connectivity index (χ1v) is 5.64. The van der Waals surface area contributed by atoms with Crippen LogP contribution in [0.2, 0.25) is 0 Å². The zero-order chi connectivity index (χ0) is 13.7. The van der Waals surface area contributed by atoms with E-state index in [-0.39, 0.29) is 12.5 Å². The van der Waals surface area contributed by atoms with Gasteiger partial charge >= 0.3 is 0 Å². The van der Waals surface area contributed by atoms with Gasteiger partial charge in [0.1, 0.15) is 11.5 Å². The van der Waals surface area contributed by atoms with E-state index in [1.807, 2.05) is 6.92 Å². The molecule has 0 aromatic heterocycles. The van der Waals surface area contributed by atoms with Crippen molar-refractivity contribution in [2.45, 2.75) is 32.2 Å². The number of anilines is 1. The number of amides is 1. The molecule has 18 heavy (non-hydrogen) atoms. The third kappa shape index (κ3) is 4.03. The quantitative estimate of drug-likeness (QED) is 0.854. The highest BCUT2D eigenvalue weighted by Crippen LogP contribution is 2.20. The first-order valence-electron chi connectivity index (χ1n) is 5.64. The maximum absolute atomic E-state index is 13.2. The number of benzene rings is 1. The first kappa shape index (κ1) is 14.5. The Labute approximate surface area is 103 Å². The Morgan fingerprint density at radius 3 is 2.39 bits per heavy atom. The van der Waals surface area contributed by atoms with Crippen LogP contribution < -0.4 is 11.1 Å². The molecule has 1 amide bonds. The molecule has 0 fully saturated rings. The molecule has 100 valence electrons. The first-order chi connectivity index (χ1) is 8.43. The highest BCUT2D eigenvalue weighted by Gasteiger charge is 2.15. The van der Waals surface area contributed by atoms with Crippen LogP contribution in [-0.4, -0.2) is 11.9 Å². The molecule has 1 unspecified atom stereocenters. The van der Waals surface area contributed by atoms with Gasteiger partial charge < -0.3 is 11.1 Å². The highest BCUT2D eigenvalue weighted by atomic mass is 19.1. The predicted octanol–water partition coefficient (Wildman–Crippen LogP) is 2.56. The third-order valence-electron chi connectivity index (χ3n) is 2.38. The zero-order valence-corrected chi connectivity index (χ0v) is 9.97. The molecule has 0 heterocycles. The van der Waals surface area contributed by atoms with Gasteiger partial charge in [-0.05, 0) is 6.42 Å². The number of nitrogens with two attached hydrogens (primary N) is 1. The lowest BCUT2D eigenvalue weighted by Crippen LogP contribution is -2.27. The molecule has 0 aliphatic rings. The van der Waals surface area contributed by atoms with Crippen LogP contribution in [0.4, 0.5) is 18.9 Å². The second-order valence-corrected chi connectivity index (χ2v) is 4.05. The lowest BCUT2D eigenvalue weighted by Gasteiger charge is -2.11. The minimum absolute atomic E-state index is 0.0376. The van der Waals surface area contributed by atoms with Crippen LogP contribution in [-0.2, 0) is 4.79 Å². The van der Waals surface area contributed by atoms with Crippen LogP contribution in [0.25, 0.3) is 0 Å². The van der Waals surface area contributed by atoms with Crippen molar-refractivity contribution in [3.8, 4) is 0 Å². The van der Waals surface area contributed by atoms with Gasteiger partial charge in [0.15, 0.2) is 11.6 Å². The number of rotatable bonds is 5. The molecule has 0 radical (unpaired) electrons. The minimum Gasteiger partial charge on any atom is -0.327 e. The Balaban J connectivity index is 2.70. The summed E-state index contributed by atoms with van der Waals surface area (Å²) in [5.74, 6) is -3.93. The van der Waals surface area contributed by atoms with Crippen LogP contribution >= 0.6 is 0 Å². The Kier molecular flexibility index (Phi) is 5.15. The molecule has 1 aromatic carbocycles. The fourth-order valence-corrected chi connectivity index (χ4v) is 1.56. The largest absolute Gasteiger partial charge is 0.327 e. The highest BCUT2D eigenvalue weighted by molar-refractivity contribution is 5.91. The van der Waals surface area contributed by atoms with Crippen molar-refractivity contribution in [3.05, 3.63) is 29.6 Å². The number of halogens is 3. The SMILES string of the molecule is CCCC(N)CC(=O)Nc1c(F)cc(F)cc1F. The molecule has 0 saturated carbocycles. The van der Waals surface area contributed by atoms with E-state index in [0.717, 1.165) is 6.42 Å². The Morgan fingerprint density at radius 1 is 1.33 bits per heavy atom. The van der Waals surface area contributed by atoms with Crippen molar-refractivity contribution in [2.75, 3.05) is 5.32 Å². The van der Waals surface area contributed by atoms with E-state index in [2.05, 4.69) is 5.32 Å². The standard InChI is InChI=1S/C12H15F3N2O/c1-2-3-8(16)6-11(18)17-12-9(14)4-7(13)5-10(12)15/h4-5,8H,2-3,6,16H2,1H3,(H,17,18). The van der Waals surface area contributed by atoms with Crippen LogP contribution in [0.1, 0.15) is 26.2 Å². The molecule has 3 N–H and O–H groups in total. The molecular formula is C12H15F3N2O. The van der Waals surface area contributed by atoms with Crippen LogP contribution in [0.5, 0.6) is 0 Å². The molecule has 0 saturated heterocycles. The summed E-state index contributed by atoms with van der Waals surface area (Å²) in [4.78, 5) is 11.5. The summed E-state index contributed by atoms with van der Waals surface area (Å²) in [6.45, 7) is 1.91. The second kappa shape index (κ2) is 6.39. The van der Waals surface area contributed by atoms with E-state index in [9.17, 15) is 18.0 Å².